The normalized spacial score (nSPS) is 11.8. The molecule has 0 saturated heterocycles. The minimum atomic E-state index is -0.296. The smallest absolute Gasteiger partial charge is 0.255 e. The van der Waals surface area contributed by atoms with Gasteiger partial charge in [-0.3, -0.25) is 4.79 Å². The Bertz CT molecular complexity index is 658. The molecule has 1 amide bonds. The summed E-state index contributed by atoms with van der Waals surface area (Å²) in [7, 11) is 0. The van der Waals surface area contributed by atoms with Gasteiger partial charge in [-0.25, -0.2) is 4.39 Å². The Morgan fingerprint density at radius 3 is 2.62 bits per heavy atom. The van der Waals surface area contributed by atoms with E-state index in [1.807, 2.05) is 6.92 Å². The molecule has 0 aromatic heterocycles. The first-order valence-electron chi connectivity index (χ1n) is 7.98. The minimum Gasteiger partial charge on any atom is -0.488 e. The fourth-order valence-electron chi connectivity index (χ4n) is 2.29. The molecule has 2 N–H and O–H groups in total. The molecule has 0 radical (unpaired) electrons. The molecular formula is C19H22FNO3. The third kappa shape index (κ3) is 5.35. The van der Waals surface area contributed by atoms with Crippen LogP contribution < -0.4 is 10.1 Å². The van der Waals surface area contributed by atoms with Gasteiger partial charge in [-0.15, -0.1) is 0 Å². The summed E-state index contributed by atoms with van der Waals surface area (Å²) in [5.41, 5.74) is 1.28. The standard InChI is InChI=1S/C19H22FNO3/c1-14(5-4-12-22)21-19(23)17-6-2-3-7-18(17)24-13-15-8-10-16(20)11-9-15/h2-3,6-11,14,22H,4-5,12-13H2,1H3,(H,21,23). The predicted octanol–water partition coefficient (Wildman–Crippen LogP) is 3.30. The van der Waals surface area contributed by atoms with E-state index in [1.165, 1.54) is 12.1 Å². The Labute approximate surface area is 141 Å². The zero-order valence-corrected chi connectivity index (χ0v) is 13.7. The quantitative estimate of drug-likeness (QED) is 0.780. The highest BCUT2D eigenvalue weighted by Gasteiger charge is 2.14. The number of aliphatic hydroxyl groups excluding tert-OH is 1. The van der Waals surface area contributed by atoms with Crippen LogP contribution in [0.2, 0.25) is 0 Å². The Morgan fingerprint density at radius 2 is 1.92 bits per heavy atom. The van der Waals surface area contributed by atoms with Crippen LogP contribution in [0.25, 0.3) is 0 Å². The second-order valence-corrected chi connectivity index (χ2v) is 5.65. The number of rotatable bonds is 8. The summed E-state index contributed by atoms with van der Waals surface area (Å²) in [6, 6.07) is 13.0. The van der Waals surface area contributed by atoms with Gasteiger partial charge in [-0.05, 0) is 49.6 Å². The number of halogens is 1. The van der Waals surface area contributed by atoms with Gasteiger partial charge in [0, 0.05) is 12.6 Å². The van der Waals surface area contributed by atoms with Crippen molar-refractivity contribution in [2.24, 2.45) is 0 Å². The number of nitrogens with one attached hydrogen (secondary N) is 1. The van der Waals surface area contributed by atoms with Gasteiger partial charge >= 0.3 is 0 Å². The van der Waals surface area contributed by atoms with Crippen LogP contribution in [0.3, 0.4) is 0 Å². The van der Waals surface area contributed by atoms with E-state index in [4.69, 9.17) is 9.84 Å². The van der Waals surface area contributed by atoms with Crippen molar-refractivity contribution in [2.75, 3.05) is 6.61 Å². The monoisotopic (exact) mass is 331 g/mol. The Morgan fingerprint density at radius 1 is 1.21 bits per heavy atom. The van der Waals surface area contributed by atoms with Crippen LogP contribution in [0.1, 0.15) is 35.7 Å². The number of hydrogen-bond donors (Lipinski definition) is 2. The molecule has 0 heterocycles. The maximum absolute atomic E-state index is 12.9. The Hall–Kier alpha value is -2.40. The number of ether oxygens (including phenoxy) is 1. The number of carbonyl (C=O) groups excluding carboxylic acids is 1. The van der Waals surface area contributed by atoms with Gasteiger partial charge in [0.2, 0.25) is 0 Å². The van der Waals surface area contributed by atoms with Gasteiger partial charge in [0.05, 0.1) is 5.56 Å². The SMILES string of the molecule is CC(CCCO)NC(=O)c1ccccc1OCc1ccc(F)cc1. The fourth-order valence-corrected chi connectivity index (χ4v) is 2.29. The Kier molecular flexibility index (Phi) is 6.75. The molecule has 0 aliphatic rings. The number of benzene rings is 2. The topological polar surface area (TPSA) is 58.6 Å². The first kappa shape index (κ1) is 17.9. The number of para-hydroxylation sites is 1. The summed E-state index contributed by atoms with van der Waals surface area (Å²) in [6.45, 7) is 2.26. The highest BCUT2D eigenvalue weighted by Crippen LogP contribution is 2.20. The lowest BCUT2D eigenvalue weighted by molar-refractivity contribution is 0.0932. The maximum Gasteiger partial charge on any atom is 0.255 e. The molecule has 0 saturated carbocycles. The second kappa shape index (κ2) is 9.03. The molecule has 0 spiro atoms. The molecule has 5 heteroatoms. The van der Waals surface area contributed by atoms with E-state index in [2.05, 4.69) is 5.32 Å². The average Bonchev–Trinajstić information content (AvgIpc) is 2.59. The van der Waals surface area contributed by atoms with Gasteiger partial charge in [0.1, 0.15) is 18.2 Å². The summed E-state index contributed by atoms with van der Waals surface area (Å²) in [5.74, 6) is -0.0285. The molecule has 4 nitrogen and oxygen atoms in total. The van der Waals surface area contributed by atoms with Crippen LogP contribution in [0.5, 0.6) is 5.75 Å². The van der Waals surface area contributed by atoms with Crippen molar-refractivity contribution in [3.05, 3.63) is 65.5 Å². The third-order valence-electron chi connectivity index (χ3n) is 3.61. The summed E-state index contributed by atoms with van der Waals surface area (Å²) >= 11 is 0. The predicted molar refractivity (Wildman–Crippen MR) is 90.4 cm³/mol. The molecule has 1 unspecified atom stereocenters. The molecule has 0 fully saturated rings. The molecule has 0 bridgehead atoms. The average molecular weight is 331 g/mol. The van der Waals surface area contributed by atoms with E-state index in [9.17, 15) is 9.18 Å². The van der Waals surface area contributed by atoms with Crippen molar-refractivity contribution < 1.29 is 19.0 Å². The summed E-state index contributed by atoms with van der Waals surface area (Å²) in [4.78, 5) is 12.4. The van der Waals surface area contributed by atoms with Crippen LogP contribution in [0.15, 0.2) is 48.5 Å². The third-order valence-corrected chi connectivity index (χ3v) is 3.61. The minimum absolute atomic E-state index is 0.0326. The van der Waals surface area contributed by atoms with E-state index in [-0.39, 0.29) is 31.0 Å². The van der Waals surface area contributed by atoms with E-state index < -0.39 is 0 Å². The molecular weight excluding hydrogens is 309 g/mol. The van der Waals surface area contributed by atoms with Crippen molar-refractivity contribution in [1.82, 2.24) is 5.32 Å². The van der Waals surface area contributed by atoms with Crippen molar-refractivity contribution in [3.8, 4) is 5.75 Å². The molecule has 2 rings (SSSR count). The largest absolute Gasteiger partial charge is 0.488 e. The van der Waals surface area contributed by atoms with Gasteiger partial charge in [-0.2, -0.15) is 0 Å². The number of carbonyl (C=O) groups is 1. The van der Waals surface area contributed by atoms with Crippen LogP contribution in [0.4, 0.5) is 4.39 Å². The molecule has 128 valence electrons. The van der Waals surface area contributed by atoms with Crippen molar-refractivity contribution in [2.45, 2.75) is 32.4 Å². The van der Waals surface area contributed by atoms with Gasteiger partial charge in [0.25, 0.3) is 5.91 Å². The molecule has 0 aliphatic heterocycles. The number of aliphatic hydroxyl groups is 1. The first-order chi connectivity index (χ1) is 11.6. The van der Waals surface area contributed by atoms with Crippen molar-refractivity contribution in [3.63, 3.8) is 0 Å². The zero-order chi connectivity index (χ0) is 17.4. The van der Waals surface area contributed by atoms with E-state index in [1.54, 1.807) is 36.4 Å². The summed E-state index contributed by atoms with van der Waals surface area (Å²) < 4.78 is 18.6. The number of hydrogen-bond acceptors (Lipinski definition) is 3. The highest BCUT2D eigenvalue weighted by atomic mass is 19.1. The van der Waals surface area contributed by atoms with Crippen LogP contribution in [0, 0.1) is 5.82 Å². The lowest BCUT2D eigenvalue weighted by Gasteiger charge is -2.15. The van der Waals surface area contributed by atoms with Crippen LogP contribution >= 0.6 is 0 Å². The van der Waals surface area contributed by atoms with E-state index in [0.717, 1.165) is 5.56 Å². The van der Waals surface area contributed by atoms with Crippen molar-refractivity contribution in [1.29, 1.82) is 0 Å². The molecule has 24 heavy (non-hydrogen) atoms. The van der Waals surface area contributed by atoms with Crippen LogP contribution in [-0.2, 0) is 6.61 Å². The second-order valence-electron chi connectivity index (χ2n) is 5.65. The Balaban J connectivity index is 2.01. The molecule has 1 atom stereocenters. The lowest BCUT2D eigenvalue weighted by atomic mass is 10.1. The van der Waals surface area contributed by atoms with Gasteiger partial charge < -0.3 is 15.2 Å². The zero-order valence-electron chi connectivity index (χ0n) is 13.7. The van der Waals surface area contributed by atoms with Crippen LogP contribution in [-0.4, -0.2) is 23.7 Å². The van der Waals surface area contributed by atoms with Crippen molar-refractivity contribution >= 4 is 5.91 Å². The molecule has 0 aliphatic carbocycles. The van der Waals surface area contributed by atoms with E-state index >= 15 is 0 Å². The lowest BCUT2D eigenvalue weighted by Crippen LogP contribution is -2.32. The maximum atomic E-state index is 12.9. The summed E-state index contributed by atoms with van der Waals surface area (Å²) in [5, 5.41) is 11.7. The summed E-state index contributed by atoms with van der Waals surface area (Å²) in [6.07, 6.45) is 1.35. The van der Waals surface area contributed by atoms with E-state index in [0.29, 0.717) is 24.2 Å². The fraction of sp³-hybridized carbons (Fsp3) is 0.316. The van der Waals surface area contributed by atoms with Gasteiger partial charge in [0.15, 0.2) is 0 Å². The number of amides is 1. The highest BCUT2D eigenvalue weighted by molar-refractivity contribution is 5.97. The molecule has 2 aromatic carbocycles. The first-order valence-corrected chi connectivity index (χ1v) is 7.98. The van der Waals surface area contributed by atoms with Gasteiger partial charge in [-0.1, -0.05) is 24.3 Å². The molecule has 2 aromatic rings.